The second kappa shape index (κ2) is 13.0. The van der Waals surface area contributed by atoms with Crippen molar-refractivity contribution < 1.29 is 24.5 Å². The number of nitrogens with one attached hydrogen (secondary N) is 1. The van der Waals surface area contributed by atoms with Crippen molar-refractivity contribution in [2.24, 2.45) is 5.92 Å². The minimum atomic E-state index is -0.371. The van der Waals surface area contributed by atoms with Gasteiger partial charge in [-0.3, -0.25) is 14.5 Å². The van der Waals surface area contributed by atoms with Crippen LogP contribution in [-0.4, -0.2) is 83.1 Å². The number of amides is 2. The van der Waals surface area contributed by atoms with Gasteiger partial charge in [0.25, 0.3) is 5.91 Å². The highest BCUT2D eigenvalue weighted by Crippen LogP contribution is 2.41. The number of aromatic hydroxyl groups is 2. The first-order valence-corrected chi connectivity index (χ1v) is 14.8. The van der Waals surface area contributed by atoms with E-state index in [0.29, 0.717) is 30.3 Å². The van der Waals surface area contributed by atoms with Crippen LogP contribution in [0.1, 0.15) is 59.2 Å². The minimum absolute atomic E-state index is 0.0707. The monoisotopic (exact) mass is 562 g/mol. The molecule has 0 spiro atoms. The van der Waals surface area contributed by atoms with Crippen LogP contribution in [0.25, 0.3) is 0 Å². The quantitative estimate of drug-likeness (QED) is 0.413. The molecule has 9 heteroatoms. The average Bonchev–Trinajstić information content (AvgIpc) is 3.41. The number of nitrogens with zero attached hydrogens (tertiary/aromatic N) is 3. The molecule has 2 heterocycles. The number of phenols is 2. The molecule has 41 heavy (non-hydrogen) atoms. The van der Waals surface area contributed by atoms with Crippen LogP contribution >= 0.6 is 0 Å². The average molecular weight is 563 g/mol. The summed E-state index contributed by atoms with van der Waals surface area (Å²) in [7, 11) is 2.12. The molecule has 0 atom stereocenters. The van der Waals surface area contributed by atoms with E-state index < -0.39 is 0 Å². The molecule has 3 N–H and O–H groups in total. The predicted molar refractivity (Wildman–Crippen MR) is 158 cm³/mol. The highest BCUT2D eigenvalue weighted by Gasteiger charge is 2.32. The fraction of sp³-hybridized carbons (Fsp3) is 0.500. The molecule has 2 aliphatic heterocycles. The molecule has 1 saturated heterocycles. The van der Waals surface area contributed by atoms with Gasteiger partial charge in [-0.05, 0) is 44.4 Å². The zero-order chi connectivity index (χ0) is 28.9. The summed E-state index contributed by atoms with van der Waals surface area (Å²) >= 11 is 0. The van der Waals surface area contributed by atoms with E-state index in [1.807, 2.05) is 24.3 Å². The fourth-order valence-corrected chi connectivity index (χ4v) is 6.03. The van der Waals surface area contributed by atoms with Crippen LogP contribution in [0, 0.1) is 12.8 Å². The molecular formula is C32H42N4O5. The number of benzene rings is 2. The van der Waals surface area contributed by atoms with Crippen molar-refractivity contribution in [3.05, 3.63) is 58.7 Å². The van der Waals surface area contributed by atoms with Crippen molar-refractivity contribution in [1.29, 1.82) is 0 Å². The Labute approximate surface area is 242 Å². The Kier molecular flexibility index (Phi) is 9.15. The molecule has 1 saturated carbocycles. The first-order chi connectivity index (χ1) is 19.8. The fourth-order valence-electron chi connectivity index (χ4n) is 6.03. The molecule has 1 aliphatic carbocycles. The zero-order valence-electron chi connectivity index (χ0n) is 24.2. The van der Waals surface area contributed by atoms with Crippen LogP contribution < -0.4 is 10.1 Å². The number of likely N-dealkylation sites (N-methyl/N-ethyl adjacent to an activating group) is 1. The molecule has 5 rings (SSSR count). The molecule has 0 aromatic heterocycles. The smallest absolute Gasteiger partial charge is 0.262 e. The van der Waals surface area contributed by atoms with E-state index in [9.17, 15) is 19.8 Å². The zero-order valence-corrected chi connectivity index (χ0v) is 24.2. The third-order valence-corrected chi connectivity index (χ3v) is 8.64. The molecule has 220 valence electrons. The third kappa shape index (κ3) is 6.85. The van der Waals surface area contributed by atoms with Crippen LogP contribution in [0.5, 0.6) is 17.2 Å². The van der Waals surface area contributed by atoms with Gasteiger partial charge in [0.2, 0.25) is 5.91 Å². The van der Waals surface area contributed by atoms with Gasteiger partial charge < -0.3 is 30.1 Å². The van der Waals surface area contributed by atoms with E-state index in [-0.39, 0.29) is 41.2 Å². The van der Waals surface area contributed by atoms with Gasteiger partial charge in [-0.15, -0.1) is 0 Å². The van der Waals surface area contributed by atoms with Crippen molar-refractivity contribution in [1.82, 2.24) is 14.7 Å². The van der Waals surface area contributed by atoms with Gasteiger partial charge in [0, 0.05) is 74.8 Å². The number of piperazine rings is 1. The summed E-state index contributed by atoms with van der Waals surface area (Å²) in [4.78, 5) is 32.8. The summed E-state index contributed by atoms with van der Waals surface area (Å²) in [6.07, 6.45) is 9.19. The molecule has 0 radical (unpaired) electrons. The molecule has 2 aromatic rings. The van der Waals surface area contributed by atoms with E-state index in [2.05, 4.69) is 22.2 Å². The second-order valence-corrected chi connectivity index (χ2v) is 11.7. The lowest BCUT2D eigenvalue weighted by Gasteiger charge is -2.31. The van der Waals surface area contributed by atoms with Crippen LogP contribution in [0.4, 0.5) is 5.69 Å². The maximum absolute atomic E-state index is 13.8. The number of rotatable bonds is 8. The number of fused-ring (bicyclic) bond motifs is 1. The Bertz CT molecular complexity index is 1300. The standard InChI is InChI=1S/C32H42N4O5/c1-22-27(37)18-28(38)30(31(22)41-21-23-8-4-3-5-9-23)32(40)36-19-24-10-6-11-26(25(24)20-36)33-29(39)12-7-13-35-16-14-34(2)15-17-35/h6-7,10-12,18,23,37-38H,3-5,8-9,13-17,19-21H2,1-2H3,(H,33,39)/b12-7+. The SMILES string of the molecule is Cc1c(O)cc(O)c(C(=O)N2Cc3cccc(NC(=O)/C=C/CN4CCN(C)CC4)c3C2)c1OCC1CCCCC1. The lowest BCUT2D eigenvalue weighted by molar-refractivity contribution is -0.111. The van der Waals surface area contributed by atoms with Crippen LogP contribution in [-0.2, 0) is 17.9 Å². The van der Waals surface area contributed by atoms with Crippen molar-refractivity contribution in [3.63, 3.8) is 0 Å². The summed E-state index contributed by atoms with van der Waals surface area (Å²) in [5.74, 6) is -0.339. The molecule has 0 unspecified atom stereocenters. The normalized spacial score (nSPS) is 18.5. The van der Waals surface area contributed by atoms with Crippen molar-refractivity contribution in [3.8, 4) is 17.2 Å². The van der Waals surface area contributed by atoms with E-state index in [1.54, 1.807) is 17.9 Å². The van der Waals surface area contributed by atoms with Crippen molar-refractivity contribution in [2.45, 2.75) is 52.1 Å². The first-order valence-electron chi connectivity index (χ1n) is 14.8. The Balaban J connectivity index is 1.26. The number of phenolic OH excluding ortho intramolecular Hbond substituents is 2. The molecule has 2 aromatic carbocycles. The Morgan fingerprint density at radius 3 is 2.56 bits per heavy atom. The van der Waals surface area contributed by atoms with Gasteiger partial charge in [0.05, 0.1) is 6.61 Å². The molecule has 0 bridgehead atoms. The Morgan fingerprint density at radius 2 is 1.80 bits per heavy atom. The molecule has 2 fully saturated rings. The Morgan fingerprint density at radius 1 is 1.05 bits per heavy atom. The lowest BCUT2D eigenvalue weighted by atomic mass is 9.90. The second-order valence-electron chi connectivity index (χ2n) is 11.7. The Hall–Kier alpha value is -3.56. The van der Waals surface area contributed by atoms with Gasteiger partial charge in [0.15, 0.2) is 0 Å². The first kappa shape index (κ1) is 29.0. The molecular weight excluding hydrogens is 520 g/mol. The van der Waals surface area contributed by atoms with Crippen molar-refractivity contribution in [2.75, 3.05) is 51.7 Å². The van der Waals surface area contributed by atoms with Crippen LogP contribution in [0.15, 0.2) is 36.4 Å². The van der Waals surface area contributed by atoms with Gasteiger partial charge >= 0.3 is 0 Å². The highest BCUT2D eigenvalue weighted by atomic mass is 16.5. The van der Waals surface area contributed by atoms with Crippen molar-refractivity contribution >= 4 is 17.5 Å². The summed E-state index contributed by atoms with van der Waals surface area (Å²) < 4.78 is 6.15. The number of carbonyl (C=O) groups excluding carboxylic acids is 2. The van der Waals surface area contributed by atoms with E-state index >= 15 is 0 Å². The largest absolute Gasteiger partial charge is 0.507 e. The van der Waals surface area contributed by atoms with E-state index in [0.717, 1.165) is 56.7 Å². The van der Waals surface area contributed by atoms with Gasteiger partial charge in [-0.25, -0.2) is 0 Å². The summed E-state index contributed by atoms with van der Waals surface area (Å²) in [6, 6.07) is 6.88. The van der Waals surface area contributed by atoms with Crippen LogP contribution in [0.3, 0.4) is 0 Å². The molecule has 3 aliphatic rings. The topological polar surface area (TPSA) is 106 Å². The molecule has 9 nitrogen and oxygen atoms in total. The number of anilines is 1. The van der Waals surface area contributed by atoms with E-state index in [1.165, 1.54) is 25.3 Å². The highest BCUT2D eigenvalue weighted by molar-refractivity contribution is 6.02. The summed E-state index contributed by atoms with van der Waals surface area (Å²) in [6.45, 7) is 7.55. The summed E-state index contributed by atoms with van der Waals surface area (Å²) in [5, 5.41) is 24.2. The number of hydrogen-bond donors (Lipinski definition) is 3. The van der Waals surface area contributed by atoms with Gasteiger partial charge in [-0.2, -0.15) is 0 Å². The molecule has 2 amide bonds. The lowest BCUT2D eigenvalue weighted by Crippen LogP contribution is -2.44. The van der Waals surface area contributed by atoms with E-state index in [4.69, 9.17) is 4.74 Å². The predicted octanol–water partition coefficient (Wildman–Crippen LogP) is 4.26. The van der Waals surface area contributed by atoms with Gasteiger partial charge in [-0.1, -0.05) is 37.5 Å². The summed E-state index contributed by atoms with van der Waals surface area (Å²) in [5.41, 5.74) is 3.00. The number of hydrogen-bond acceptors (Lipinski definition) is 7. The number of carbonyl (C=O) groups is 2. The maximum Gasteiger partial charge on any atom is 0.262 e. The maximum atomic E-state index is 13.8. The van der Waals surface area contributed by atoms with Crippen LogP contribution in [0.2, 0.25) is 0 Å². The third-order valence-electron chi connectivity index (χ3n) is 8.64. The minimum Gasteiger partial charge on any atom is -0.507 e. The number of ether oxygens (including phenoxy) is 1. The van der Waals surface area contributed by atoms with Gasteiger partial charge in [0.1, 0.15) is 22.8 Å².